The second-order valence-corrected chi connectivity index (χ2v) is 4.36. The highest BCUT2D eigenvalue weighted by Crippen LogP contribution is 2.03. The summed E-state index contributed by atoms with van der Waals surface area (Å²) in [6, 6.07) is 0. The first-order valence-electron chi connectivity index (χ1n) is 5.77. The zero-order valence-electron chi connectivity index (χ0n) is 10.2. The molecule has 4 N–H and O–H groups in total. The van der Waals surface area contributed by atoms with Crippen LogP contribution in [0.4, 0.5) is 0 Å². The van der Waals surface area contributed by atoms with E-state index >= 15 is 0 Å². The van der Waals surface area contributed by atoms with Gasteiger partial charge in [0.25, 0.3) is 0 Å². The van der Waals surface area contributed by atoms with Gasteiger partial charge >= 0.3 is 0 Å². The molecule has 16 heavy (non-hydrogen) atoms. The molecule has 0 aliphatic carbocycles. The molecule has 0 rings (SSSR count). The van der Waals surface area contributed by atoms with Gasteiger partial charge in [-0.2, -0.15) is 0 Å². The Morgan fingerprint density at radius 2 is 2.19 bits per heavy atom. The number of rotatable bonds is 10. The van der Waals surface area contributed by atoms with Crippen LogP contribution in [0.1, 0.15) is 26.7 Å². The maximum Gasteiger partial charge on any atom is 0.231 e. The third-order valence-corrected chi connectivity index (χ3v) is 2.06. The maximum absolute atomic E-state index is 10.4. The predicted molar refractivity (Wildman–Crippen MR) is 63.0 cm³/mol. The molecule has 5 nitrogen and oxygen atoms in total. The van der Waals surface area contributed by atoms with Crippen molar-refractivity contribution in [3.05, 3.63) is 0 Å². The van der Waals surface area contributed by atoms with Crippen LogP contribution < -0.4 is 11.1 Å². The number of ether oxygens (including phenoxy) is 1. The highest BCUT2D eigenvalue weighted by molar-refractivity contribution is 5.75. The van der Waals surface area contributed by atoms with Crippen LogP contribution in [0, 0.1) is 5.92 Å². The normalized spacial score (nSPS) is 13.0. The van der Waals surface area contributed by atoms with Crippen molar-refractivity contribution >= 4 is 5.91 Å². The lowest BCUT2D eigenvalue weighted by molar-refractivity contribution is -0.117. The number of carbonyl (C=O) groups is 1. The van der Waals surface area contributed by atoms with Crippen LogP contribution in [0.5, 0.6) is 0 Å². The molecule has 1 amide bonds. The lowest BCUT2D eigenvalue weighted by Gasteiger charge is -2.12. The van der Waals surface area contributed by atoms with Gasteiger partial charge in [0.05, 0.1) is 19.3 Å². The monoisotopic (exact) mass is 232 g/mol. The molecule has 0 aromatic rings. The second-order valence-electron chi connectivity index (χ2n) is 4.36. The summed E-state index contributed by atoms with van der Waals surface area (Å²) in [5.74, 6) is 0.260. The van der Waals surface area contributed by atoms with Gasteiger partial charge < -0.3 is 20.9 Å². The van der Waals surface area contributed by atoms with Crippen LogP contribution in [0.3, 0.4) is 0 Å². The van der Waals surface area contributed by atoms with E-state index in [2.05, 4.69) is 19.2 Å². The van der Waals surface area contributed by atoms with Gasteiger partial charge in [0.1, 0.15) is 0 Å². The summed E-state index contributed by atoms with van der Waals surface area (Å²) in [5.41, 5.74) is 4.93. The Kier molecular flexibility index (Phi) is 9.18. The lowest BCUT2D eigenvalue weighted by atomic mass is 10.1. The topological polar surface area (TPSA) is 84.6 Å². The molecule has 0 saturated heterocycles. The van der Waals surface area contributed by atoms with Gasteiger partial charge in [-0.1, -0.05) is 13.8 Å². The van der Waals surface area contributed by atoms with Crippen LogP contribution in [0.2, 0.25) is 0 Å². The van der Waals surface area contributed by atoms with Crippen LogP contribution in [0.25, 0.3) is 0 Å². The van der Waals surface area contributed by atoms with Gasteiger partial charge in [-0.15, -0.1) is 0 Å². The number of hydrogen-bond acceptors (Lipinski definition) is 4. The van der Waals surface area contributed by atoms with Gasteiger partial charge in [-0.3, -0.25) is 4.79 Å². The fourth-order valence-corrected chi connectivity index (χ4v) is 1.23. The van der Waals surface area contributed by atoms with Gasteiger partial charge in [0.15, 0.2) is 0 Å². The average molecular weight is 232 g/mol. The summed E-state index contributed by atoms with van der Waals surface area (Å²) >= 11 is 0. The van der Waals surface area contributed by atoms with E-state index in [1.54, 1.807) is 0 Å². The van der Waals surface area contributed by atoms with Crippen LogP contribution in [0.15, 0.2) is 0 Å². The maximum atomic E-state index is 10.4. The van der Waals surface area contributed by atoms with Crippen molar-refractivity contribution in [2.24, 2.45) is 11.7 Å². The number of nitrogens with one attached hydrogen (secondary N) is 1. The molecule has 0 spiro atoms. The minimum atomic E-state index is -0.585. The van der Waals surface area contributed by atoms with E-state index in [0.717, 1.165) is 12.8 Å². The lowest BCUT2D eigenvalue weighted by Crippen LogP contribution is -2.36. The number of aliphatic hydroxyl groups excluding tert-OH is 1. The van der Waals surface area contributed by atoms with Crippen molar-refractivity contribution in [1.82, 2.24) is 5.32 Å². The molecule has 0 fully saturated rings. The van der Waals surface area contributed by atoms with Crippen LogP contribution in [-0.4, -0.2) is 43.4 Å². The van der Waals surface area contributed by atoms with Gasteiger partial charge in [-0.05, 0) is 18.8 Å². The molecule has 0 radical (unpaired) electrons. The molecule has 0 saturated carbocycles. The largest absolute Gasteiger partial charge is 0.389 e. The van der Waals surface area contributed by atoms with E-state index in [4.69, 9.17) is 10.5 Å². The van der Waals surface area contributed by atoms with E-state index in [0.29, 0.717) is 25.7 Å². The van der Waals surface area contributed by atoms with E-state index in [9.17, 15) is 9.90 Å². The van der Waals surface area contributed by atoms with Crippen molar-refractivity contribution in [2.45, 2.75) is 32.8 Å². The zero-order chi connectivity index (χ0) is 12.4. The highest BCUT2D eigenvalue weighted by atomic mass is 16.5. The standard InChI is InChI=1S/C11H24N2O3/c1-9(2)4-3-5-16-8-10(14)6-13-7-11(12)15/h9-10,13-14H,3-8H2,1-2H3,(H2,12,15). The number of aliphatic hydroxyl groups is 1. The summed E-state index contributed by atoms with van der Waals surface area (Å²) in [4.78, 5) is 10.4. The van der Waals surface area contributed by atoms with Crippen molar-refractivity contribution < 1.29 is 14.6 Å². The van der Waals surface area contributed by atoms with Crippen LogP contribution in [-0.2, 0) is 9.53 Å². The third kappa shape index (κ3) is 11.4. The molecular formula is C11H24N2O3. The van der Waals surface area contributed by atoms with Crippen molar-refractivity contribution in [1.29, 1.82) is 0 Å². The first-order chi connectivity index (χ1) is 7.52. The van der Waals surface area contributed by atoms with Gasteiger partial charge in [0, 0.05) is 13.2 Å². The Morgan fingerprint density at radius 3 is 2.75 bits per heavy atom. The molecule has 96 valence electrons. The van der Waals surface area contributed by atoms with E-state index < -0.39 is 12.0 Å². The Bertz CT molecular complexity index is 186. The minimum absolute atomic E-state index is 0.0877. The number of nitrogens with two attached hydrogens (primary N) is 1. The molecule has 0 bridgehead atoms. The van der Waals surface area contributed by atoms with Crippen LogP contribution >= 0.6 is 0 Å². The fraction of sp³-hybridized carbons (Fsp3) is 0.909. The summed E-state index contributed by atoms with van der Waals surface area (Å²) in [5, 5.41) is 12.2. The number of amides is 1. The average Bonchev–Trinajstić information content (AvgIpc) is 2.16. The Labute approximate surface area is 97.3 Å². The second kappa shape index (κ2) is 9.57. The molecule has 0 aromatic carbocycles. The molecule has 0 aliphatic heterocycles. The molecule has 0 aromatic heterocycles. The zero-order valence-corrected chi connectivity index (χ0v) is 10.2. The summed E-state index contributed by atoms with van der Waals surface area (Å²) < 4.78 is 5.30. The molecule has 0 aliphatic rings. The van der Waals surface area contributed by atoms with Gasteiger partial charge in [0.2, 0.25) is 5.91 Å². The Balaban J connectivity index is 3.23. The summed E-state index contributed by atoms with van der Waals surface area (Å²) in [6.07, 6.45) is 1.56. The number of primary amides is 1. The van der Waals surface area contributed by atoms with E-state index in [-0.39, 0.29) is 6.54 Å². The van der Waals surface area contributed by atoms with E-state index in [1.807, 2.05) is 0 Å². The molecule has 5 heteroatoms. The quantitative estimate of drug-likeness (QED) is 0.458. The molecule has 1 unspecified atom stereocenters. The van der Waals surface area contributed by atoms with Crippen molar-refractivity contribution in [2.75, 3.05) is 26.3 Å². The molecular weight excluding hydrogens is 208 g/mol. The molecule has 1 atom stereocenters. The summed E-state index contributed by atoms with van der Waals surface area (Å²) in [6.45, 7) is 5.72. The first kappa shape index (κ1) is 15.3. The number of carbonyl (C=O) groups excluding carboxylic acids is 1. The van der Waals surface area contributed by atoms with Crippen molar-refractivity contribution in [3.8, 4) is 0 Å². The minimum Gasteiger partial charge on any atom is -0.389 e. The third-order valence-electron chi connectivity index (χ3n) is 2.06. The van der Waals surface area contributed by atoms with Gasteiger partial charge in [-0.25, -0.2) is 0 Å². The van der Waals surface area contributed by atoms with E-state index in [1.165, 1.54) is 0 Å². The number of hydrogen-bond donors (Lipinski definition) is 3. The summed E-state index contributed by atoms with van der Waals surface area (Å²) in [7, 11) is 0. The SMILES string of the molecule is CC(C)CCCOCC(O)CNCC(N)=O. The van der Waals surface area contributed by atoms with Crippen molar-refractivity contribution in [3.63, 3.8) is 0 Å². The Morgan fingerprint density at radius 1 is 1.50 bits per heavy atom. The predicted octanol–water partition coefficient (Wildman–Crippen LogP) is -0.125. The fourth-order valence-electron chi connectivity index (χ4n) is 1.23. The highest BCUT2D eigenvalue weighted by Gasteiger charge is 2.04. The first-order valence-corrected chi connectivity index (χ1v) is 5.77. The smallest absolute Gasteiger partial charge is 0.231 e. The Hall–Kier alpha value is -0.650. The molecule has 0 heterocycles.